The fourth-order valence-electron chi connectivity index (χ4n) is 2.38. The number of aryl methyl sites for hydroxylation is 1. The van der Waals surface area contributed by atoms with Gasteiger partial charge in [0.15, 0.2) is 17.5 Å². The highest BCUT2D eigenvalue weighted by molar-refractivity contribution is 5.83. The van der Waals surface area contributed by atoms with E-state index in [9.17, 15) is 13.2 Å². The zero-order valence-electron chi connectivity index (χ0n) is 11.2. The Hall–Kier alpha value is -2.34. The number of nitrogens with zero attached hydrogens (tertiary/aromatic N) is 2. The molecule has 0 saturated carbocycles. The van der Waals surface area contributed by atoms with E-state index < -0.39 is 17.5 Å². The van der Waals surface area contributed by atoms with Crippen molar-refractivity contribution in [3.63, 3.8) is 0 Å². The minimum absolute atomic E-state index is 0.174. The molecule has 21 heavy (non-hydrogen) atoms. The van der Waals surface area contributed by atoms with Crippen molar-refractivity contribution in [2.75, 3.05) is 0 Å². The molecule has 3 aromatic rings. The SMILES string of the molecule is Cn1c(-c2cc(F)c(F)c(F)c2)nc2c(CN)cccc21. The third kappa shape index (κ3) is 2.08. The van der Waals surface area contributed by atoms with E-state index in [0.717, 1.165) is 23.2 Å². The number of halogens is 3. The van der Waals surface area contributed by atoms with Gasteiger partial charge in [-0.25, -0.2) is 18.2 Å². The highest BCUT2D eigenvalue weighted by Crippen LogP contribution is 2.27. The van der Waals surface area contributed by atoms with Gasteiger partial charge in [-0.15, -0.1) is 0 Å². The fourth-order valence-corrected chi connectivity index (χ4v) is 2.38. The molecule has 0 radical (unpaired) electrons. The van der Waals surface area contributed by atoms with Crippen LogP contribution < -0.4 is 5.73 Å². The summed E-state index contributed by atoms with van der Waals surface area (Å²) in [6.07, 6.45) is 0. The van der Waals surface area contributed by atoms with Crippen LogP contribution >= 0.6 is 0 Å². The number of nitrogens with two attached hydrogens (primary N) is 1. The Morgan fingerprint density at radius 2 is 1.81 bits per heavy atom. The average molecular weight is 291 g/mol. The molecule has 0 spiro atoms. The molecule has 0 aliphatic carbocycles. The second-order valence-electron chi connectivity index (χ2n) is 4.74. The maximum absolute atomic E-state index is 13.4. The first kappa shape index (κ1) is 13.6. The molecular formula is C15H12F3N3. The summed E-state index contributed by atoms with van der Waals surface area (Å²) in [5.41, 5.74) is 8.13. The summed E-state index contributed by atoms with van der Waals surface area (Å²) in [7, 11) is 1.73. The first-order valence-corrected chi connectivity index (χ1v) is 6.32. The van der Waals surface area contributed by atoms with Crippen LogP contribution in [0.5, 0.6) is 0 Å². The van der Waals surface area contributed by atoms with Crippen LogP contribution in [0.3, 0.4) is 0 Å². The van der Waals surface area contributed by atoms with Gasteiger partial charge in [0.2, 0.25) is 0 Å². The predicted molar refractivity (Wildman–Crippen MR) is 73.9 cm³/mol. The first-order valence-electron chi connectivity index (χ1n) is 6.32. The van der Waals surface area contributed by atoms with E-state index in [1.165, 1.54) is 0 Å². The molecule has 0 saturated heterocycles. The second kappa shape index (κ2) is 4.89. The van der Waals surface area contributed by atoms with Gasteiger partial charge in [-0.2, -0.15) is 0 Å². The molecule has 0 bridgehead atoms. The number of para-hydroxylation sites is 1. The summed E-state index contributed by atoms with van der Waals surface area (Å²) >= 11 is 0. The Morgan fingerprint density at radius 1 is 1.14 bits per heavy atom. The van der Waals surface area contributed by atoms with Gasteiger partial charge in [0.1, 0.15) is 5.82 Å². The molecule has 0 amide bonds. The van der Waals surface area contributed by atoms with Gasteiger partial charge in [-0.3, -0.25) is 0 Å². The summed E-state index contributed by atoms with van der Waals surface area (Å²) in [4.78, 5) is 4.39. The van der Waals surface area contributed by atoms with Crippen molar-refractivity contribution in [1.82, 2.24) is 9.55 Å². The molecule has 2 N–H and O–H groups in total. The van der Waals surface area contributed by atoms with Gasteiger partial charge < -0.3 is 10.3 Å². The number of fused-ring (bicyclic) bond motifs is 1. The van der Waals surface area contributed by atoms with Crippen molar-refractivity contribution in [1.29, 1.82) is 0 Å². The molecular weight excluding hydrogens is 279 g/mol. The number of imidazole rings is 1. The lowest BCUT2D eigenvalue weighted by atomic mass is 10.2. The van der Waals surface area contributed by atoms with Crippen LogP contribution in [0.2, 0.25) is 0 Å². The highest BCUT2D eigenvalue weighted by Gasteiger charge is 2.16. The van der Waals surface area contributed by atoms with Gasteiger partial charge in [-0.1, -0.05) is 12.1 Å². The molecule has 1 aromatic heterocycles. The Kier molecular flexibility index (Phi) is 3.17. The van der Waals surface area contributed by atoms with Crippen LogP contribution in [0.25, 0.3) is 22.4 Å². The molecule has 3 rings (SSSR count). The highest BCUT2D eigenvalue weighted by atomic mass is 19.2. The Labute approximate surface area is 118 Å². The van der Waals surface area contributed by atoms with Crippen molar-refractivity contribution in [3.8, 4) is 11.4 Å². The Balaban J connectivity index is 2.28. The normalized spacial score (nSPS) is 11.3. The van der Waals surface area contributed by atoms with Crippen LogP contribution in [0.15, 0.2) is 30.3 Å². The molecule has 1 heterocycles. The predicted octanol–water partition coefficient (Wildman–Crippen LogP) is 3.12. The summed E-state index contributed by atoms with van der Waals surface area (Å²) < 4.78 is 41.5. The van der Waals surface area contributed by atoms with Gasteiger partial charge in [-0.05, 0) is 23.8 Å². The zero-order chi connectivity index (χ0) is 15.1. The molecule has 2 aromatic carbocycles. The number of benzene rings is 2. The molecule has 0 aliphatic rings. The summed E-state index contributed by atoms with van der Waals surface area (Å²) in [5, 5.41) is 0. The van der Waals surface area contributed by atoms with Gasteiger partial charge in [0, 0.05) is 19.2 Å². The average Bonchev–Trinajstić information content (AvgIpc) is 2.81. The quantitative estimate of drug-likeness (QED) is 0.737. The van der Waals surface area contributed by atoms with E-state index in [0.29, 0.717) is 17.9 Å². The topological polar surface area (TPSA) is 43.8 Å². The third-order valence-corrected chi connectivity index (χ3v) is 3.46. The van der Waals surface area contributed by atoms with Gasteiger partial charge >= 0.3 is 0 Å². The summed E-state index contributed by atoms with van der Waals surface area (Å²) in [6, 6.07) is 7.37. The lowest BCUT2D eigenvalue weighted by molar-refractivity contribution is 0.447. The summed E-state index contributed by atoms with van der Waals surface area (Å²) in [5.74, 6) is -3.61. The van der Waals surface area contributed by atoms with Crippen LogP contribution in [0, 0.1) is 17.5 Å². The molecule has 0 unspecified atom stereocenters. The van der Waals surface area contributed by atoms with Crippen LogP contribution in [0.1, 0.15) is 5.56 Å². The lowest BCUT2D eigenvalue weighted by Crippen LogP contribution is -1.97. The number of hydrogen-bond acceptors (Lipinski definition) is 2. The molecule has 0 fully saturated rings. The maximum atomic E-state index is 13.4. The lowest BCUT2D eigenvalue weighted by Gasteiger charge is -2.04. The second-order valence-corrected chi connectivity index (χ2v) is 4.74. The molecule has 0 aliphatic heterocycles. The van der Waals surface area contributed by atoms with Crippen LogP contribution in [-0.4, -0.2) is 9.55 Å². The molecule has 0 atom stereocenters. The van der Waals surface area contributed by atoms with E-state index in [1.807, 2.05) is 18.2 Å². The van der Waals surface area contributed by atoms with Gasteiger partial charge in [0.25, 0.3) is 0 Å². The van der Waals surface area contributed by atoms with Crippen molar-refractivity contribution >= 4 is 11.0 Å². The zero-order valence-corrected chi connectivity index (χ0v) is 11.2. The minimum Gasteiger partial charge on any atom is -0.327 e. The number of hydrogen-bond donors (Lipinski definition) is 1. The first-order chi connectivity index (χ1) is 10.0. The van der Waals surface area contributed by atoms with Crippen LogP contribution in [0.4, 0.5) is 13.2 Å². The molecule has 6 heteroatoms. The Morgan fingerprint density at radius 3 is 2.43 bits per heavy atom. The Bertz CT molecular complexity index is 817. The van der Waals surface area contributed by atoms with E-state index in [4.69, 9.17) is 5.73 Å². The molecule has 3 nitrogen and oxygen atoms in total. The number of rotatable bonds is 2. The maximum Gasteiger partial charge on any atom is 0.194 e. The largest absolute Gasteiger partial charge is 0.327 e. The van der Waals surface area contributed by atoms with Crippen LogP contribution in [-0.2, 0) is 13.6 Å². The van der Waals surface area contributed by atoms with Gasteiger partial charge in [0.05, 0.1) is 11.0 Å². The van der Waals surface area contributed by atoms with E-state index in [1.54, 1.807) is 11.6 Å². The van der Waals surface area contributed by atoms with E-state index in [2.05, 4.69) is 4.98 Å². The third-order valence-electron chi connectivity index (χ3n) is 3.46. The number of aromatic nitrogens is 2. The van der Waals surface area contributed by atoms with E-state index >= 15 is 0 Å². The van der Waals surface area contributed by atoms with Crippen molar-refractivity contribution in [3.05, 3.63) is 53.3 Å². The minimum atomic E-state index is -1.49. The summed E-state index contributed by atoms with van der Waals surface area (Å²) in [6.45, 7) is 0.305. The standard InChI is InChI=1S/C15H12F3N3/c1-21-12-4-2-3-8(7-19)14(12)20-15(21)9-5-10(16)13(18)11(17)6-9/h2-6H,7,19H2,1H3. The van der Waals surface area contributed by atoms with Crippen molar-refractivity contribution in [2.24, 2.45) is 12.8 Å². The monoisotopic (exact) mass is 291 g/mol. The molecule has 108 valence electrons. The fraction of sp³-hybridized carbons (Fsp3) is 0.133. The van der Waals surface area contributed by atoms with Crippen molar-refractivity contribution in [2.45, 2.75) is 6.54 Å². The smallest absolute Gasteiger partial charge is 0.194 e. The van der Waals surface area contributed by atoms with E-state index in [-0.39, 0.29) is 5.56 Å². The van der Waals surface area contributed by atoms with Crippen molar-refractivity contribution < 1.29 is 13.2 Å².